The zero-order chi connectivity index (χ0) is 35.8. The number of hydrogen-bond donors (Lipinski definition) is 3. The van der Waals surface area contributed by atoms with Gasteiger partial charge in [0.15, 0.2) is 0 Å². The highest BCUT2D eigenvalue weighted by molar-refractivity contribution is 6.05. The maximum absolute atomic E-state index is 14.3. The summed E-state index contributed by atoms with van der Waals surface area (Å²) >= 11 is 0. The summed E-state index contributed by atoms with van der Waals surface area (Å²) in [5.41, 5.74) is 6.41. The first-order valence-corrected chi connectivity index (χ1v) is 21.1. The fourth-order valence-corrected chi connectivity index (χ4v) is 11.4. The van der Waals surface area contributed by atoms with Crippen LogP contribution in [0.25, 0.3) is 0 Å². The number of quaternary nitrogens is 1. The van der Waals surface area contributed by atoms with Gasteiger partial charge < -0.3 is 29.9 Å². The van der Waals surface area contributed by atoms with Crippen LogP contribution in [-0.2, 0) is 14.3 Å². The van der Waals surface area contributed by atoms with Crippen molar-refractivity contribution in [1.29, 1.82) is 0 Å². The summed E-state index contributed by atoms with van der Waals surface area (Å²) in [5.74, 6) is 9.81. The Morgan fingerprint density at radius 2 is 1.74 bits per heavy atom. The van der Waals surface area contributed by atoms with Crippen LogP contribution in [0.2, 0.25) is 0 Å². The predicted octanol–water partition coefficient (Wildman–Crippen LogP) is 5.40. The number of fused-ring (bicyclic) bond motifs is 2. The topological polar surface area (TPSA) is 129 Å². The van der Waals surface area contributed by atoms with Crippen molar-refractivity contribution in [2.75, 3.05) is 13.7 Å². The van der Waals surface area contributed by atoms with E-state index >= 15 is 0 Å². The van der Waals surface area contributed by atoms with Gasteiger partial charge in [0, 0.05) is 37.7 Å². The molecule has 4 aliphatic carbocycles. The number of carbonyl (C=O) groups excluding carboxylic acids is 2. The number of aliphatic hydroxyl groups is 1. The van der Waals surface area contributed by atoms with Crippen molar-refractivity contribution < 1.29 is 29.9 Å². The van der Waals surface area contributed by atoms with Crippen LogP contribution in [0.5, 0.6) is 0 Å². The van der Waals surface area contributed by atoms with Crippen molar-refractivity contribution in [3.63, 3.8) is 0 Å². The molecule has 284 valence electrons. The Morgan fingerprint density at radius 3 is 2.48 bits per heavy atom. The van der Waals surface area contributed by atoms with Crippen LogP contribution in [0, 0.1) is 76.9 Å². The minimum Gasteiger partial charge on any atom is -0.841 e. The van der Waals surface area contributed by atoms with Crippen molar-refractivity contribution in [3.05, 3.63) is 0 Å². The minimum atomic E-state index is -1.82. The highest BCUT2D eigenvalue weighted by Crippen LogP contribution is 2.49. The van der Waals surface area contributed by atoms with Gasteiger partial charge in [-0.25, -0.2) is 0 Å². The Bertz CT molecular complexity index is 1150. The SMILES string of the molecule is CCCCC1CC(CC2CC[NH2+]C(N)C2)CC2C#CC(C3CCCCC3CCC(C)C)C3CC(O)C(OC)CC3CCC(=O)C([O-])C(=O)C2C1. The number of aliphatic hydroxyl groups excluding tert-OH is 1. The molecule has 1 saturated heterocycles. The summed E-state index contributed by atoms with van der Waals surface area (Å²) < 4.78 is 5.76. The van der Waals surface area contributed by atoms with Gasteiger partial charge in [-0.2, -0.15) is 0 Å². The highest BCUT2D eigenvalue weighted by atomic mass is 16.5. The third-order valence-electron chi connectivity index (χ3n) is 14.1. The number of methoxy groups -OCH3 is 1. The number of ether oxygens (including phenoxy) is 1. The van der Waals surface area contributed by atoms with Gasteiger partial charge in [-0.05, 0) is 118 Å². The van der Waals surface area contributed by atoms with Gasteiger partial charge in [-0.15, -0.1) is 0 Å². The summed E-state index contributed by atoms with van der Waals surface area (Å²) in [6.45, 7) is 7.93. The van der Waals surface area contributed by atoms with Gasteiger partial charge in [0.05, 0.1) is 18.8 Å². The maximum atomic E-state index is 14.3. The van der Waals surface area contributed by atoms with Crippen molar-refractivity contribution in [2.24, 2.45) is 70.8 Å². The average Bonchev–Trinajstić information content (AvgIpc) is 3.27. The maximum Gasteiger partial charge on any atom is 0.137 e. The molecule has 14 atom stereocenters. The number of ketones is 2. The first-order chi connectivity index (χ1) is 24.1. The van der Waals surface area contributed by atoms with Gasteiger partial charge in [0.2, 0.25) is 0 Å². The Morgan fingerprint density at radius 1 is 0.940 bits per heavy atom. The molecule has 5 rings (SSSR count). The summed E-state index contributed by atoms with van der Waals surface area (Å²) in [5, 5.41) is 27.4. The van der Waals surface area contributed by atoms with E-state index in [0.717, 1.165) is 57.9 Å². The van der Waals surface area contributed by atoms with Crippen molar-refractivity contribution in [2.45, 2.75) is 167 Å². The molecular weight excluding hydrogens is 624 g/mol. The quantitative estimate of drug-likeness (QED) is 0.207. The number of nitrogens with two attached hydrogens (primary N) is 2. The monoisotopic (exact) mass is 697 g/mol. The van der Waals surface area contributed by atoms with E-state index < -0.39 is 23.9 Å². The highest BCUT2D eigenvalue weighted by Gasteiger charge is 2.45. The molecule has 5 aliphatic rings. The zero-order valence-corrected chi connectivity index (χ0v) is 32.0. The number of hydrogen-bond acceptors (Lipinski definition) is 6. The zero-order valence-electron chi connectivity index (χ0n) is 32.0. The summed E-state index contributed by atoms with van der Waals surface area (Å²) in [6, 6.07) is 0. The number of Topliss-reactive ketones (excluding diaryl/α,β-unsaturated/α-hetero) is 2. The Kier molecular flexibility index (Phi) is 15.3. The third-order valence-corrected chi connectivity index (χ3v) is 14.1. The van der Waals surface area contributed by atoms with E-state index in [4.69, 9.17) is 10.5 Å². The molecule has 4 fully saturated rings. The molecule has 0 spiro atoms. The van der Waals surface area contributed by atoms with Crippen LogP contribution >= 0.6 is 0 Å². The fourth-order valence-electron chi connectivity index (χ4n) is 11.4. The van der Waals surface area contributed by atoms with Crippen molar-refractivity contribution >= 4 is 11.6 Å². The van der Waals surface area contributed by atoms with E-state index in [1.54, 1.807) is 7.11 Å². The molecule has 3 saturated carbocycles. The minimum absolute atomic E-state index is 0.114. The third kappa shape index (κ3) is 10.4. The summed E-state index contributed by atoms with van der Waals surface area (Å²) in [4.78, 5) is 27.9. The number of unbranched alkanes of at least 4 members (excludes halogenated alkanes) is 1. The van der Waals surface area contributed by atoms with E-state index in [9.17, 15) is 19.8 Å². The van der Waals surface area contributed by atoms with Crippen molar-refractivity contribution in [3.8, 4) is 11.8 Å². The molecule has 0 radical (unpaired) electrons. The molecule has 14 unspecified atom stereocenters. The fraction of sp³-hybridized carbons (Fsp3) is 0.907. The summed E-state index contributed by atoms with van der Waals surface area (Å²) in [7, 11) is 1.66. The van der Waals surface area contributed by atoms with Crippen molar-refractivity contribution in [1.82, 2.24) is 0 Å². The van der Waals surface area contributed by atoms with Crippen LogP contribution in [0.1, 0.15) is 143 Å². The van der Waals surface area contributed by atoms with Gasteiger partial charge in [0.25, 0.3) is 0 Å². The molecule has 5 N–H and O–H groups in total. The Labute approximate surface area is 304 Å². The number of rotatable bonds is 10. The lowest BCUT2D eigenvalue weighted by Gasteiger charge is -2.46. The lowest BCUT2D eigenvalue weighted by atomic mass is 9.60. The molecule has 7 nitrogen and oxygen atoms in total. The predicted molar refractivity (Wildman–Crippen MR) is 196 cm³/mol. The molecular formula is C43H72N2O5. The summed E-state index contributed by atoms with van der Waals surface area (Å²) in [6.07, 6.45) is 16.0. The van der Waals surface area contributed by atoms with Crippen LogP contribution in [-0.4, -0.2) is 54.8 Å². The molecule has 0 bridgehead atoms. The lowest BCUT2D eigenvalue weighted by Crippen LogP contribution is -2.94. The molecule has 0 aromatic carbocycles. The van der Waals surface area contributed by atoms with E-state index in [1.807, 2.05) is 0 Å². The normalized spacial score (nSPS) is 41.9. The molecule has 1 aliphatic heterocycles. The second kappa shape index (κ2) is 19.2. The van der Waals surface area contributed by atoms with E-state index in [2.05, 4.69) is 37.9 Å². The molecule has 7 heteroatoms. The van der Waals surface area contributed by atoms with E-state index in [1.165, 1.54) is 38.5 Å². The molecule has 0 aromatic rings. The Balaban J connectivity index is 1.56. The number of piperidine rings is 1. The van der Waals surface area contributed by atoms with Crippen LogP contribution < -0.4 is 16.2 Å². The van der Waals surface area contributed by atoms with E-state index in [0.29, 0.717) is 61.2 Å². The van der Waals surface area contributed by atoms with Crippen LogP contribution in [0.4, 0.5) is 0 Å². The molecule has 50 heavy (non-hydrogen) atoms. The Hall–Kier alpha value is -1.30. The first kappa shape index (κ1) is 39.9. The van der Waals surface area contributed by atoms with Gasteiger partial charge >= 0.3 is 0 Å². The second-order valence-corrected chi connectivity index (χ2v) is 18.1. The van der Waals surface area contributed by atoms with E-state index in [-0.39, 0.29) is 48.1 Å². The lowest BCUT2D eigenvalue weighted by molar-refractivity contribution is -0.699. The molecule has 0 amide bonds. The van der Waals surface area contributed by atoms with Gasteiger partial charge in [-0.1, -0.05) is 77.6 Å². The molecule has 1 heterocycles. The van der Waals surface area contributed by atoms with Gasteiger partial charge in [0.1, 0.15) is 17.7 Å². The largest absolute Gasteiger partial charge is 0.841 e. The standard InChI is InChI=1S/C43H71N2O5/c1-5-6-9-28-20-30(21-29-18-19-45-41(44)24-29)22-32-14-16-35(34-11-8-7-10-31(34)13-12-27(2)3)36-26-39(47)40(50-4)25-33(36)15-17-38(46)43(49)42(48)37(32)23-28/h27-37,39-41,43,45,47H,5-13,15,17-26,44H2,1-4H3/q-1/p+1. The van der Waals surface area contributed by atoms with Crippen LogP contribution in [0.15, 0.2) is 0 Å². The second-order valence-electron chi connectivity index (χ2n) is 18.1. The van der Waals surface area contributed by atoms with Gasteiger partial charge in [-0.3, -0.25) is 5.73 Å². The average molecular weight is 697 g/mol. The molecule has 0 aromatic heterocycles. The first-order valence-electron chi connectivity index (χ1n) is 21.1. The number of carbonyl (C=O) groups is 2. The van der Waals surface area contributed by atoms with Crippen LogP contribution in [0.3, 0.4) is 0 Å². The smallest absolute Gasteiger partial charge is 0.137 e.